The molecule has 1 aliphatic carbocycles. The molecule has 0 saturated heterocycles. The third-order valence-electron chi connectivity index (χ3n) is 3.49. The summed E-state index contributed by atoms with van der Waals surface area (Å²) in [5.74, 6) is 0. The summed E-state index contributed by atoms with van der Waals surface area (Å²) in [6.07, 6.45) is 6.17. The molecule has 5 nitrogen and oxygen atoms in total. The minimum atomic E-state index is -3.47. The van der Waals surface area contributed by atoms with Crippen LogP contribution in [0.3, 0.4) is 0 Å². The predicted octanol–water partition coefficient (Wildman–Crippen LogP) is 1.90. The Morgan fingerprint density at radius 3 is 2.45 bits per heavy atom. The first kappa shape index (κ1) is 15.3. The van der Waals surface area contributed by atoms with Crippen molar-refractivity contribution in [3.8, 4) is 0 Å². The van der Waals surface area contributed by atoms with E-state index in [2.05, 4.69) is 4.72 Å². The Morgan fingerprint density at radius 1 is 1.15 bits per heavy atom. The molecule has 0 unspecified atom stereocenters. The maximum atomic E-state index is 12.0. The van der Waals surface area contributed by atoms with Gasteiger partial charge in [-0.25, -0.2) is 13.1 Å². The van der Waals surface area contributed by atoms with Crippen molar-refractivity contribution in [2.24, 2.45) is 0 Å². The van der Waals surface area contributed by atoms with Gasteiger partial charge in [0.25, 0.3) is 0 Å². The summed E-state index contributed by atoms with van der Waals surface area (Å²) in [4.78, 5) is 0.226. The summed E-state index contributed by atoms with van der Waals surface area (Å²) < 4.78 is 32.2. The van der Waals surface area contributed by atoms with Crippen LogP contribution < -0.4 is 10.5 Å². The molecule has 0 aromatic heterocycles. The van der Waals surface area contributed by atoms with E-state index >= 15 is 0 Å². The van der Waals surface area contributed by atoms with Crippen LogP contribution in [0.5, 0.6) is 0 Å². The molecule has 112 valence electrons. The van der Waals surface area contributed by atoms with Gasteiger partial charge in [-0.05, 0) is 37.1 Å². The van der Waals surface area contributed by atoms with E-state index in [-0.39, 0.29) is 4.90 Å². The molecule has 0 aliphatic heterocycles. The molecule has 1 saturated carbocycles. The number of benzene rings is 1. The monoisotopic (exact) mass is 298 g/mol. The van der Waals surface area contributed by atoms with Crippen LogP contribution in [0.2, 0.25) is 0 Å². The summed E-state index contributed by atoms with van der Waals surface area (Å²) in [6.45, 7) is 0.710. The van der Waals surface area contributed by atoms with E-state index in [0.29, 0.717) is 24.9 Å². The minimum Gasteiger partial charge on any atom is -0.399 e. The van der Waals surface area contributed by atoms with Crippen molar-refractivity contribution in [3.63, 3.8) is 0 Å². The Bertz CT molecular complexity index is 508. The molecule has 0 atom stereocenters. The van der Waals surface area contributed by atoms with Gasteiger partial charge in [-0.15, -0.1) is 0 Å². The number of ether oxygens (including phenoxy) is 1. The molecule has 2 rings (SSSR count). The molecule has 20 heavy (non-hydrogen) atoms. The topological polar surface area (TPSA) is 81.4 Å². The van der Waals surface area contributed by atoms with Crippen LogP contribution in [0.1, 0.15) is 32.1 Å². The van der Waals surface area contributed by atoms with Crippen LogP contribution in [0, 0.1) is 0 Å². The van der Waals surface area contributed by atoms with E-state index in [4.69, 9.17) is 10.5 Å². The maximum absolute atomic E-state index is 12.0. The highest BCUT2D eigenvalue weighted by molar-refractivity contribution is 7.89. The zero-order valence-corrected chi connectivity index (χ0v) is 12.4. The predicted molar refractivity (Wildman–Crippen MR) is 78.9 cm³/mol. The molecule has 0 spiro atoms. The maximum Gasteiger partial charge on any atom is 0.240 e. The Hall–Kier alpha value is -1.11. The first-order valence-electron chi connectivity index (χ1n) is 7.05. The Balaban J connectivity index is 1.76. The van der Waals surface area contributed by atoms with Gasteiger partial charge in [-0.2, -0.15) is 0 Å². The standard InChI is InChI=1S/C14H22N2O3S/c15-12-6-8-14(9-7-12)20(17,18)16-10-11-19-13-4-2-1-3-5-13/h6-9,13,16H,1-5,10-11,15H2. The molecule has 0 heterocycles. The van der Waals surface area contributed by atoms with E-state index in [1.54, 1.807) is 12.1 Å². The Labute approximate surface area is 120 Å². The third kappa shape index (κ3) is 4.47. The van der Waals surface area contributed by atoms with Gasteiger partial charge < -0.3 is 10.5 Å². The second-order valence-corrected chi connectivity index (χ2v) is 6.86. The van der Waals surface area contributed by atoms with Crippen LogP contribution in [0.25, 0.3) is 0 Å². The lowest BCUT2D eigenvalue weighted by Crippen LogP contribution is -2.29. The quantitative estimate of drug-likeness (QED) is 0.621. The lowest BCUT2D eigenvalue weighted by Gasteiger charge is -2.22. The van der Waals surface area contributed by atoms with Crippen molar-refractivity contribution in [3.05, 3.63) is 24.3 Å². The van der Waals surface area contributed by atoms with Crippen molar-refractivity contribution in [1.29, 1.82) is 0 Å². The Kier molecular flexibility index (Phi) is 5.39. The average Bonchev–Trinajstić information content (AvgIpc) is 2.45. The first-order valence-corrected chi connectivity index (χ1v) is 8.53. The van der Waals surface area contributed by atoms with E-state index in [0.717, 1.165) is 12.8 Å². The normalized spacial score (nSPS) is 17.2. The van der Waals surface area contributed by atoms with Gasteiger partial charge in [0.1, 0.15) is 0 Å². The third-order valence-corrected chi connectivity index (χ3v) is 4.97. The lowest BCUT2D eigenvalue weighted by molar-refractivity contribution is 0.0321. The number of hydrogen-bond donors (Lipinski definition) is 2. The van der Waals surface area contributed by atoms with Crippen LogP contribution >= 0.6 is 0 Å². The highest BCUT2D eigenvalue weighted by Gasteiger charge is 2.15. The van der Waals surface area contributed by atoms with Crippen LogP contribution in [0.15, 0.2) is 29.2 Å². The summed E-state index contributed by atoms with van der Waals surface area (Å²) in [6, 6.07) is 6.15. The van der Waals surface area contributed by atoms with E-state index in [1.165, 1.54) is 31.4 Å². The zero-order chi connectivity index (χ0) is 14.4. The lowest BCUT2D eigenvalue weighted by atomic mass is 9.98. The average molecular weight is 298 g/mol. The fraction of sp³-hybridized carbons (Fsp3) is 0.571. The first-order chi connectivity index (χ1) is 9.58. The van der Waals surface area contributed by atoms with Gasteiger partial charge in [-0.3, -0.25) is 0 Å². The van der Waals surface area contributed by atoms with Gasteiger partial charge in [0.2, 0.25) is 10.0 Å². The fourth-order valence-corrected chi connectivity index (χ4v) is 3.38. The highest BCUT2D eigenvalue weighted by Crippen LogP contribution is 2.20. The van der Waals surface area contributed by atoms with E-state index in [9.17, 15) is 8.42 Å². The second kappa shape index (κ2) is 7.06. The highest BCUT2D eigenvalue weighted by atomic mass is 32.2. The molecular formula is C14H22N2O3S. The van der Waals surface area contributed by atoms with Gasteiger partial charge in [0.15, 0.2) is 0 Å². The number of nitrogen functional groups attached to an aromatic ring is 1. The molecule has 1 aliphatic rings. The molecule has 0 radical (unpaired) electrons. The van der Waals surface area contributed by atoms with Gasteiger partial charge >= 0.3 is 0 Å². The second-order valence-electron chi connectivity index (χ2n) is 5.10. The number of anilines is 1. The molecule has 1 aromatic rings. The number of nitrogens with one attached hydrogen (secondary N) is 1. The summed E-state index contributed by atoms with van der Waals surface area (Å²) >= 11 is 0. The van der Waals surface area contributed by atoms with Crippen molar-refractivity contribution in [1.82, 2.24) is 4.72 Å². The Morgan fingerprint density at radius 2 is 1.80 bits per heavy atom. The molecular weight excluding hydrogens is 276 g/mol. The van der Waals surface area contributed by atoms with E-state index in [1.807, 2.05) is 0 Å². The fourth-order valence-electron chi connectivity index (χ4n) is 2.36. The molecule has 3 N–H and O–H groups in total. The number of rotatable bonds is 6. The summed E-state index contributed by atoms with van der Waals surface area (Å²) in [7, 11) is -3.47. The minimum absolute atomic E-state index is 0.226. The van der Waals surface area contributed by atoms with Gasteiger partial charge in [0.05, 0.1) is 17.6 Å². The number of hydrogen-bond acceptors (Lipinski definition) is 4. The van der Waals surface area contributed by atoms with Gasteiger partial charge in [-0.1, -0.05) is 19.3 Å². The van der Waals surface area contributed by atoms with Crippen molar-refractivity contribution in [2.45, 2.75) is 43.1 Å². The smallest absolute Gasteiger partial charge is 0.240 e. The summed E-state index contributed by atoms with van der Waals surface area (Å²) in [5, 5.41) is 0. The van der Waals surface area contributed by atoms with Crippen LogP contribution in [-0.4, -0.2) is 27.7 Å². The zero-order valence-electron chi connectivity index (χ0n) is 11.5. The number of nitrogens with two attached hydrogens (primary N) is 1. The molecule has 1 fully saturated rings. The largest absolute Gasteiger partial charge is 0.399 e. The van der Waals surface area contributed by atoms with Crippen molar-refractivity contribution in [2.75, 3.05) is 18.9 Å². The van der Waals surface area contributed by atoms with Crippen molar-refractivity contribution >= 4 is 15.7 Å². The van der Waals surface area contributed by atoms with Gasteiger partial charge in [0, 0.05) is 12.2 Å². The van der Waals surface area contributed by atoms with Crippen LogP contribution in [0.4, 0.5) is 5.69 Å². The van der Waals surface area contributed by atoms with E-state index < -0.39 is 10.0 Å². The molecule has 1 aromatic carbocycles. The SMILES string of the molecule is Nc1ccc(S(=O)(=O)NCCOC2CCCCC2)cc1. The number of sulfonamides is 1. The summed E-state index contributed by atoms with van der Waals surface area (Å²) in [5.41, 5.74) is 6.08. The molecule has 6 heteroatoms. The molecule has 0 amide bonds. The van der Waals surface area contributed by atoms with Crippen molar-refractivity contribution < 1.29 is 13.2 Å². The van der Waals surface area contributed by atoms with Crippen LogP contribution in [-0.2, 0) is 14.8 Å². The molecule has 0 bridgehead atoms.